The lowest BCUT2D eigenvalue weighted by atomic mass is 10.2. The van der Waals surface area contributed by atoms with Crippen LogP contribution in [0.4, 0.5) is 15.8 Å². The number of rotatable bonds is 9. The minimum Gasteiger partial charge on any atom is -0.491 e. The molecule has 1 aromatic carbocycles. The van der Waals surface area contributed by atoms with Crippen LogP contribution in [0.25, 0.3) is 0 Å². The first-order valence-corrected chi connectivity index (χ1v) is 6.75. The zero-order valence-electron chi connectivity index (χ0n) is 11.4. The molecular weight excluding hydrogens is 247 g/mol. The number of nitrogens with two attached hydrogens (primary N) is 1. The van der Waals surface area contributed by atoms with Gasteiger partial charge in [-0.15, -0.1) is 0 Å². The average molecular weight is 270 g/mol. The van der Waals surface area contributed by atoms with Crippen LogP contribution in [-0.2, 0) is 0 Å². The minimum atomic E-state index is -0.437. The van der Waals surface area contributed by atoms with Crippen LogP contribution in [0.3, 0.4) is 0 Å². The summed E-state index contributed by atoms with van der Waals surface area (Å²) < 4.78 is 18.7. The minimum absolute atomic E-state index is 0.222. The number of unbranched alkanes of at least 4 members (excludes halogenated alkanes) is 3. The summed E-state index contributed by atoms with van der Waals surface area (Å²) in [5, 5.41) is 11.8. The first-order valence-electron chi connectivity index (χ1n) is 6.75. The van der Waals surface area contributed by atoms with Gasteiger partial charge in [-0.3, -0.25) is 0 Å². The molecule has 0 heterocycles. The maximum Gasteiger partial charge on any atom is 0.167 e. The van der Waals surface area contributed by atoms with Crippen LogP contribution >= 0.6 is 0 Å². The quantitative estimate of drug-likeness (QED) is 0.477. The van der Waals surface area contributed by atoms with E-state index >= 15 is 0 Å². The average Bonchev–Trinajstić information content (AvgIpc) is 2.38. The van der Waals surface area contributed by atoms with Gasteiger partial charge in [0, 0.05) is 25.3 Å². The Balaban J connectivity index is 2.46. The van der Waals surface area contributed by atoms with E-state index in [1.54, 1.807) is 6.07 Å². The van der Waals surface area contributed by atoms with Crippen LogP contribution in [0.5, 0.6) is 5.75 Å². The van der Waals surface area contributed by atoms with Crippen molar-refractivity contribution in [3.63, 3.8) is 0 Å². The van der Waals surface area contributed by atoms with E-state index in [1.165, 1.54) is 6.07 Å². The third-order valence-electron chi connectivity index (χ3n) is 2.80. The van der Waals surface area contributed by atoms with Gasteiger partial charge in [0.25, 0.3) is 0 Å². The first kappa shape index (κ1) is 15.6. The maximum absolute atomic E-state index is 13.5. The molecule has 0 aliphatic heterocycles. The van der Waals surface area contributed by atoms with Gasteiger partial charge >= 0.3 is 0 Å². The third-order valence-corrected chi connectivity index (χ3v) is 2.80. The summed E-state index contributed by atoms with van der Waals surface area (Å²) >= 11 is 0. The Hall–Kier alpha value is -1.49. The Morgan fingerprint density at radius 2 is 2.00 bits per heavy atom. The van der Waals surface area contributed by atoms with Crippen molar-refractivity contribution in [1.82, 2.24) is 0 Å². The normalized spacial score (nSPS) is 10.5. The lowest BCUT2D eigenvalue weighted by Gasteiger charge is -2.12. The molecule has 0 atom stereocenters. The standard InChI is InChI=1S/C14H23FN2O2/c1-2-19-14-10-13(12(16)9-11(14)15)17-7-5-3-4-6-8-18/h9-10,17-18H,2-8,16H2,1H3. The highest BCUT2D eigenvalue weighted by Crippen LogP contribution is 2.28. The molecule has 0 radical (unpaired) electrons. The van der Waals surface area contributed by atoms with Gasteiger partial charge in [0.1, 0.15) is 0 Å². The van der Waals surface area contributed by atoms with Gasteiger partial charge < -0.3 is 20.9 Å². The molecule has 4 nitrogen and oxygen atoms in total. The molecule has 0 spiro atoms. The van der Waals surface area contributed by atoms with E-state index in [9.17, 15) is 4.39 Å². The highest BCUT2D eigenvalue weighted by molar-refractivity contribution is 5.68. The number of halogens is 1. The van der Waals surface area contributed by atoms with E-state index < -0.39 is 5.82 Å². The van der Waals surface area contributed by atoms with Gasteiger partial charge in [0.05, 0.1) is 18.0 Å². The zero-order chi connectivity index (χ0) is 14.1. The lowest BCUT2D eigenvalue weighted by molar-refractivity contribution is 0.283. The van der Waals surface area contributed by atoms with Crippen molar-refractivity contribution in [3.8, 4) is 5.75 Å². The van der Waals surface area contributed by atoms with Gasteiger partial charge in [-0.2, -0.15) is 0 Å². The molecule has 5 heteroatoms. The molecule has 0 unspecified atom stereocenters. The highest BCUT2D eigenvalue weighted by atomic mass is 19.1. The van der Waals surface area contributed by atoms with Gasteiger partial charge in [-0.05, 0) is 19.8 Å². The SMILES string of the molecule is CCOc1cc(NCCCCCCO)c(N)cc1F. The van der Waals surface area contributed by atoms with E-state index in [4.69, 9.17) is 15.6 Å². The van der Waals surface area contributed by atoms with Gasteiger partial charge in [0.15, 0.2) is 11.6 Å². The Morgan fingerprint density at radius 1 is 1.26 bits per heavy atom. The van der Waals surface area contributed by atoms with Crippen LogP contribution in [0.15, 0.2) is 12.1 Å². The summed E-state index contributed by atoms with van der Waals surface area (Å²) in [6.45, 7) is 3.24. The van der Waals surface area contributed by atoms with Crippen molar-refractivity contribution in [1.29, 1.82) is 0 Å². The van der Waals surface area contributed by atoms with Crippen molar-refractivity contribution in [2.45, 2.75) is 32.6 Å². The molecule has 0 saturated carbocycles. The molecule has 0 aliphatic carbocycles. The van der Waals surface area contributed by atoms with Crippen molar-refractivity contribution in [3.05, 3.63) is 17.9 Å². The molecule has 1 rings (SSSR count). The summed E-state index contributed by atoms with van der Waals surface area (Å²) in [5.74, 6) is -0.215. The topological polar surface area (TPSA) is 67.5 Å². The first-order chi connectivity index (χ1) is 9.19. The molecule has 0 amide bonds. The number of hydrogen-bond acceptors (Lipinski definition) is 4. The molecule has 108 valence electrons. The van der Waals surface area contributed by atoms with E-state index in [2.05, 4.69) is 5.32 Å². The van der Waals surface area contributed by atoms with Crippen molar-refractivity contribution >= 4 is 11.4 Å². The number of nitrogens with one attached hydrogen (secondary N) is 1. The van der Waals surface area contributed by atoms with Gasteiger partial charge in [-0.1, -0.05) is 12.8 Å². The smallest absolute Gasteiger partial charge is 0.167 e. The van der Waals surface area contributed by atoms with Crippen LogP contribution in [0, 0.1) is 5.82 Å². The van der Waals surface area contributed by atoms with Crippen LogP contribution in [-0.4, -0.2) is 24.9 Å². The van der Waals surface area contributed by atoms with Gasteiger partial charge in [-0.25, -0.2) is 4.39 Å². The molecule has 0 bridgehead atoms. The number of benzene rings is 1. The Morgan fingerprint density at radius 3 is 2.68 bits per heavy atom. The lowest BCUT2D eigenvalue weighted by Crippen LogP contribution is -2.06. The van der Waals surface area contributed by atoms with E-state index in [0.717, 1.165) is 32.2 Å². The fraction of sp³-hybridized carbons (Fsp3) is 0.571. The van der Waals surface area contributed by atoms with Crippen LogP contribution in [0.1, 0.15) is 32.6 Å². The zero-order valence-corrected chi connectivity index (χ0v) is 11.4. The Bertz CT molecular complexity index is 386. The summed E-state index contributed by atoms with van der Waals surface area (Å²) in [6.07, 6.45) is 3.89. The van der Waals surface area contributed by atoms with E-state index in [-0.39, 0.29) is 12.4 Å². The number of aliphatic hydroxyl groups excluding tert-OH is 1. The molecule has 0 aliphatic rings. The second-order valence-electron chi connectivity index (χ2n) is 4.37. The largest absolute Gasteiger partial charge is 0.491 e. The molecule has 1 aromatic rings. The van der Waals surface area contributed by atoms with Crippen molar-refractivity contribution < 1.29 is 14.2 Å². The summed E-state index contributed by atoms with van der Waals surface area (Å²) in [4.78, 5) is 0. The Kier molecular flexibility index (Phi) is 7.03. The Labute approximate surface area is 113 Å². The number of aliphatic hydroxyl groups is 1. The van der Waals surface area contributed by atoms with E-state index in [0.29, 0.717) is 18.0 Å². The number of anilines is 2. The highest BCUT2D eigenvalue weighted by Gasteiger charge is 2.08. The second kappa shape index (κ2) is 8.58. The second-order valence-corrected chi connectivity index (χ2v) is 4.37. The molecular formula is C14H23FN2O2. The number of hydrogen-bond donors (Lipinski definition) is 3. The van der Waals surface area contributed by atoms with Crippen molar-refractivity contribution in [2.75, 3.05) is 30.8 Å². The number of ether oxygens (including phenoxy) is 1. The molecule has 19 heavy (non-hydrogen) atoms. The fourth-order valence-corrected chi connectivity index (χ4v) is 1.80. The molecule has 0 aromatic heterocycles. The summed E-state index contributed by atoms with van der Waals surface area (Å²) in [5.41, 5.74) is 6.84. The maximum atomic E-state index is 13.5. The van der Waals surface area contributed by atoms with E-state index in [1.807, 2.05) is 6.92 Å². The monoisotopic (exact) mass is 270 g/mol. The molecule has 0 saturated heterocycles. The predicted molar refractivity (Wildman–Crippen MR) is 76.0 cm³/mol. The van der Waals surface area contributed by atoms with Crippen molar-refractivity contribution in [2.24, 2.45) is 0 Å². The van der Waals surface area contributed by atoms with Crippen LogP contribution in [0.2, 0.25) is 0 Å². The summed E-state index contributed by atoms with van der Waals surface area (Å²) in [7, 11) is 0. The number of nitrogen functional groups attached to an aromatic ring is 1. The van der Waals surface area contributed by atoms with Gasteiger partial charge in [0.2, 0.25) is 0 Å². The predicted octanol–water partition coefficient (Wildman–Crippen LogP) is 2.77. The summed E-state index contributed by atoms with van der Waals surface area (Å²) in [6, 6.07) is 2.88. The molecule has 0 fully saturated rings. The van der Waals surface area contributed by atoms with Crippen LogP contribution < -0.4 is 15.8 Å². The third kappa shape index (κ3) is 5.34. The molecule has 4 N–H and O–H groups in total. The fourth-order valence-electron chi connectivity index (χ4n) is 1.80.